The van der Waals surface area contributed by atoms with E-state index in [0.29, 0.717) is 6.54 Å². The maximum Gasteiger partial charge on any atom is -0.00368 e. The molecule has 0 aromatic carbocycles. The first-order chi connectivity index (χ1) is 2.41. The van der Waals surface area contributed by atoms with Crippen LogP contribution in [0.1, 0.15) is 6.42 Å². The first-order valence-electron chi connectivity index (χ1n) is 1.62. The molecule has 0 spiro atoms. The van der Waals surface area contributed by atoms with Gasteiger partial charge in [0.15, 0.2) is 0 Å². The van der Waals surface area contributed by atoms with Gasteiger partial charge < -0.3 is 5.73 Å². The zero-order valence-corrected chi connectivity index (χ0v) is 3.20. The van der Waals surface area contributed by atoms with E-state index in [1.54, 1.807) is 0 Å². The Morgan fingerprint density at radius 3 is 2.40 bits per heavy atom. The molecule has 0 fully saturated rings. The molecule has 0 aliphatic heterocycles. The van der Waals surface area contributed by atoms with Crippen molar-refractivity contribution in [3.05, 3.63) is 12.7 Å². The van der Waals surface area contributed by atoms with Gasteiger partial charge >= 0.3 is 0 Å². The summed E-state index contributed by atoms with van der Waals surface area (Å²) in [5.41, 5.74) is 5.04. The maximum atomic E-state index is 5.04. The third-order valence-electron chi connectivity index (χ3n) is 0.321. The van der Waals surface area contributed by atoms with Crippen LogP contribution >= 0.6 is 0 Å². The van der Waals surface area contributed by atoms with E-state index in [1.165, 1.54) is 0 Å². The second-order valence-electron chi connectivity index (χ2n) is 0.789. The van der Waals surface area contributed by atoms with Crippen LogP contribution in [0.5, 0.6) is 0 Å². The monoisotopic (exact) mass is 70.1 g/mol. The Bertz CT molecular complexity index is 24.8. The Labute approximate surface area is 32.5 Å². The fraction of sp³-hybridized carbons (Fsp3) is 0.500. The summed E-state index contributed by atoms with van der Waals surface area (Å²) in [6, 6.07) is 0. The summed E-state index contributed by atoms with van der Waals surface area (Å²) >= 11 is 0. The minimum absolute atomic E-state index is 0.670. The van der Waals surface area contributed by atoms with Crippen LogP contribution in [-0.2, 0) is 0 Å². The summed E-state index contributed by atoms with van der Waals surface area (Å²) in [7, 11) is 0. The van der Waals surface area contributed by atoms with Crippen molar-refractivity contribution < 1.29 is 0 Å². The number of hydrogen-bond donors (Lipinski definition) is 1. The van der Waals surface area contributed by atoms with Gasteiger partial charge in [-0.25, -0.2) is 0 Å². The molecule has 0 unspecified atom stereocenters. The van der Waals surface area contributed by atoms with Crippen molar-refractivity contribution in [2.75, 3.05) is 6.54 Å². The number of rotatable bonds is 2. The third kappa shape index (κ3) is 3.70. The Morgan fingerprint density at radius 2 is 2.40 bits per heavy atom. The summed E-state index contributed by atoms with van der Waals surface area (Å²) in [6.07, 6.45) is 3.45. The molecule has 2 N–H and O–H groups in total. The van der Waals surface area contributed by atoms with E-state index in [2.05, 4.69) is 12.7 Å². The van der Waals surface area contributed by atoms with Gasteiger partial charge in [0.25, 0.3) is 0 Å². The van der Waals surface area contributed by atoms with Crippen LogP contribution in [0, 0.1) is 6.08 Å². The minimum Gasteiger partial charge on any atom is -0.330 e. The second kappa shape index (κ2) is 3.70. The van der Waals surface area contributed by atoms with Gasteiger partial charge in [-0.2, -0.15) is 0 Å². The second-order valence-corrected chi connectivity index (χ2v) is 0.789. The van der Waals surface area contributed by atoms with Crippen LogP contribution in [0.3, 0.4) is 0 Å². The van der Waals surface area contributed by atoms with E-state index in [9.17, 15) is 0 Å². The highest BCUT2D eigenvalue weighted by molar-refractivity contribution is 4.53. The minimum atomic E-state index is 0.670. The molecule has 1 nitrogen and oxygen atoms in total. The smallest absolute Gasteiger partial charge is 0.00368 e. The number of nitrogens with two attached hydrogens (primary N) is 1. The molecule has 0 heterocycles. The molecule has 0 aromatic rings. The molecule has 0 aromatic heterocycles. The zero-order valence-electron chi connectivity index (χ0n) is 3.20. The largest absolute Gasteiger partial charge is 0.330 e. The third-order valence-corrected chi connectivity index (χ3v) is 0.321. The van der Waals surface area contributed by atoms with Gasteiger partial charge in [-0.05, 0) is 13.0 Å². The highest BCUT2D eigenvalue weighted by Gasteiger charge is 1.62. The van der Waals surface area contributed by atoms with Crippen molar-refractivity contribution in [2.45, 2.75) is 6.42 Å². The van der Waals surface area contributed by atoms with Gasteiger partial charge in [0, 0.05) is 0 Å². The van der Waals surface area contributed by atoms with E-state index < -0.39 is 0 Å². The molecule has 0 saturated carbocycles. The maximum absolute atomic E-state index is 5.04. The molecular formula is C4H8N. The SMILES string of the molecule is C=[C]CCN. The first-order valence-corrected chi connectivity index (χ1v) is 1.62. The van der Waals surface area contributed by atoms with Gasteiger partial charge in [0.2, 0.25) is 0 Å². The van der Waals surface area contributed by atoms with Crippen LogP contribution in [-0.4, -0.2) is 6.54 Å². The van der Waals surface area contributed by atoms with E-state index in [0.717, 1.165) is 6.42 Å². The fourth-order valence-corrected chi connectivity index (χ4v) is 0.102. The lowest BCUT2D eigenvalue weighted by atomic mass is 10.4. The van der Waals surface area contributed by atoms with Gasteiger partial charge in [-0.15, -0.1) is 0 Å². The molecule has 1 heteroatoms. The van der Waals surface area contributed by atoms with Crippen molar-refractivity contribution in [2.24, 2.45) is 5.73 Å². The molecule has 5 heavy (non-hydrogen) atoms. The Kier molecular flexibility index (Phi) is 3.48. The van der Waals surface area contributed by atoms with E-state index in [4.69, 9.17) is 5.73 Å². The molecule has 0 bridgehead atoms. The predicted octanol–water partition coefficient (Wildman–Crippen LogP) is 0.324. The molecule has 1 radical (unpaired) electrons. The molecule has 0 saturated heterocycles. The Balaban J connectivity index is 2.40. The molecule has 0 atom stereocenters. The van der Waals surface area contributed by atoms with Crippen molar-refractivity contribution in [1.29, 1.82) is 0 Å². The summed E-state index contributed by atoms with van der Waals surface area (Å²) < 4.78 is 0. The molecule has 0 rings (SSSR count). The van der Waals surface area contributed by atoms with Crippen LogP contribution in [0.15, 0.2) is 6.58 Å². The quantitative estimate of drug-likeness (QED) is 0.497. The lowest BCUT2D eigenvalue weighted by Crippen LogP contribution is -1.94. The van der Waals surface area contributed by atoms with Gasteiger partial charge in [-0.3, -0.25) is 0 Å². The molecule has 0 aliphatic carbocycles. The van der Waals surface area contributed by atoms with E-state index >= 15 is 0 Å². The summed E-state index contributed by atoms with van der Waals surface area (Å²) in [5, 5.41) is 0. The van der Waals surface area contributed by atoms with Crippen molar-refractivity contribution in [3.8, 4) is 0 Å². The Morgan fingerprint density at radius 1 is 1.80 bits per heavy atom. The van der Waals surface area contributed by atoms with Crippen LogP contribution in [0.2, 0.25) is 0 Å². The van der Waals surface area contributed by atoms with E-state index in [1.807, 2.05) is 0 Å². The molecular weight excluding hydrogens is 62.1 g/mol. The van der Waals surface area contributed by atoms with E-state index in [-0.39, 0.29) is 0 Å². The van der Waals surface area contributed by atoms with Gasteiger partial charge in [0.05, 0.1) is 0 Å². The normalized spacial score (nSPS) is 7.40. The molecule has 0 aliphatic rings. The molecule has 29 valence electrons. The van der Waals surface area contributed by atoms with Crippen LogP contribution in [0.25, 0.3) is 0 Å². The highest BCUT2D eigenvalue weighted by atomic mass is 14.5. The van der Waals surface area contributed by atoms with Crippen LogP contribution in [0.4, 0.5) is 0 Å². The van der Waals surface area contributed by atoms with Gasteiger partial charge in [-0.1, -0.05) is 12.7 Å². The molecule has 0 amide bonds. The highest BCUT2D eigenvalue weighted by Crippen LogP contribution is 1.64. The zero-order chi connectivity index (χ0) is 4.12. The average Bonchev–Trinajstić information content (AvgIpc) is 1.41. The standard InChI is InChI=1S/C4H8N/c1-2-3-4-5/h1,3-5H2. The first kappa shape index (κ1) is 4.70. The average molecular weight is 70.1 g/mol. The summed E-state index contributed by atoms with van der Waals surface area (Å²) in [6.45, 7) is 4.02. The van der Waals surface area contributed by atoms with Crippen LogP contribution < -0.4 is 5.73 Å². The van der Waals surface area contributed by atoms with Crippen molar-refractivity contribution in [3.63, 3.8) is 0 Å². The van der Waals surface area contributed by atoms with Crippen molar-refractivity contribution in [1.82, 2.24) is 0 Å². The summed E-state index contributed by atoms with van der Waals surface area (Å²) in [5.74, 6) is 0. The fourth-order valence-electron chi connectivity index (χ4n) is 0.102. The number of hydrogen-bond acceptors (Lipinski definition) is 1. The van der Waals surface area contributed by atoms with Crippen molar-refractivity contribution >= 4 is 0 Å². The lowest BCUT2D eigenvalue weighted by molar-refractivity contribution is 0.992. The topological polar surface area (TPSA) is 26.0 Å². The lowest BCUT2D eigenvalue weighted by Gasteiger charge is -1.73. The van der Waals surface area contributed by atoms with Gasteiger partial charge in [0.1, 0.15) is 0 Å². The summed E-state index contributed by atoms with van der Waals surface area (Å²) in [4.78, 5) is 0. The Hall–Kier alpha value is -0.300. The predicted molar refractivity (Wildman–Crippen MR) is 22.5 cm³/mol.